The molecule has 0 N–H and O–H groups in total. The highest BCUT2D eigenvalue weighted by atomic mass is 16.4. The molecule has 0 saturated heterocycles. The average molecular weight is 336 g/mol. The Morgan fingerprint density at radius 1 is 0.875 bits per heavy atom. The predicted octanol–water partition coefficient (Wildman–Crippen LogP) is -2.64. The molecular weight excluding hydrogens is 312 g/mol. The fourth-order valence-corrected chi connectivity index (χ4v) is 1.47. The summed E-state index contributed by atoms with van der Waals surface area (Å²) in [5.41, 5.74) is 0. The molecule has 2 heterocycles. The second kappa shape index (κ2) is 9.98. The van der Waals surface area contributed by atoms with Crippen LogP contribution in [-0.4, -0.2) is 21.1 Å². The number of aromatic nitrogens is 4. The molecule has 2 aromatic heterocycles. The summed E-state index contributed by atoms with van der Waals surface area (Å²) in [7, 11) is 8.15. The zero-order valence-corrected chi connectivity index (χ0v) is 14.9. The van der Waals surface area contributed by atoms with Crippen molar-refractivity contribution in [1.29, 1.82) is 0 Å². The van der Waals surface area contributed by atoms with Crippen molar-refractivity contribution in [2.45, 2.75) is 13.8 Å². The lowest BCUT2D eigenvalue weighted by molar-refractivity contribution is -0.677. The molecule has 0 radical (unpaired) electrons. The summed E-state index contributed by atoms with van der Waals surface area (Å²) in [6, 6.07) is 0. The van der Waals surface area contributed by atoms with Gasteiger partial charge in [0.25, 0.3) is 11.6 Å². The molecule has 8 heteroatoms. The summed E-state index contributed by atoms with van der Waals surface area (Å²) >= 11 is 0. The molecule has 0 spiro atoms. The van der Waals surface area contributed by atoms with Crippen LogP contribution in [0.15, 0.2) is 36.9 Å². The molecule has 132 valence electrons. The number of aryl methyl sites for hydroxylation is 4. The lowest BCUT2D eigenvalue weighted by Gasteiger charge is -1.90. The zero-order chi connectivity index (χ0) is 18.9. The lowest BCUT2D eigenvalue weighted by Crippen LogP contribution is -2.29. The van der Waals surface area contributed by atoms with Crippen LogP contribution < -0.4 is 19.3 Å². The van der Waals surface area contributed by atoms with Crippen LogP contribution in [0.2, 0.25) is 0 Å². The third-order valence-corrected chi connectivity index (χ3v) is 3.43. The monoisotopic (exact) mass is 336 g/mol. The summed E-state index contributed by atoms with van der Waals surface area (Å²) in [5, 5.41) is 18.8. The second-order valence-electron chi connectivity index (χ2n) is 5.11. The Morgan fingerprint density at radius 2 is 1.17 bits per heavy atom. The van der Waals surface area contributed by atoms with Crippen molar-refractivity contribution in [2.24, 2.45) is 28.2 Å². The molecule has 0 atom stereocenters. The van der Waals surface area contributed by atoms with Gasteiger partial charge in [-0.05, 0) is 12.2 Å². The van der Waals surface area contributed by atoms with Crippen LogP contribution in [0.25, 0.3) is 0 Å². The van der Waals surface area contributed by atoms with Crippen LogP contribution in [-0.2, 0) is 37.8 Å². The molecule has 8 nitrogen and oxygen atoms in total. The lowest BCUT2D eigenvalue weighted by atomic mass is 10.5. The van der Waals surface area contributed by atoms with Crippen LogP contribution in [0.1, 0.15) is 11.6 Å². The maximum Gasteiger partial charge on any atom is 0.252 e. The van der Waals surface area contributed by atoms with Crippen molar-refractivity contribution in [3.63, 3.8) is 0 Å². The number of hydrogen-bond donors (Lipinski definition) is 0. The van der Waals surface area contributed by atoms with E-state index in [1.807, 2.05) is 53.0 Å². The number of carboxylic acid groups (broad SMARTS) is 2. The molecule has 0 bridgehead atoms. The Labute approximate surface area is 141 Å². The van der Waals surface area contributed by atoms with Gasteiger partial charge in [0.2, 0.25) is 0 Å². The largest absolute Gasteiger partial charge is 0.545 e. The highest BCUT2D eigenvalue weighted by Gasteiger charge is 2.01. The topological polar surface area (TPSA) is 97.9 Å². The standard InChI is InChI=1S/2C6H11N2.C4H4O4/c2*1-6-7(2)4-5-8(6)3;5-3(6)1-2-4(7)8/h2*4-5H,1-3H3;1-2H,(H,5,6)(H,7,8)/q2*+1;/p-2/b;;2-1-. The van der Waals surface area contributed by atoms with Crippen LogP contribution in [0.4, 0.5) is 0 Å². The molecular formula is C16H24N4O4. The van der Waals surface area contributed by atoms with Crippen LogP contribution in [0.5, 0.6) is 0 Å². The first-order chi connectivity index (χ1) is 11.1. The van der Waals surface area contributed by atoms with Gasteiger partial charge in [0.05, 0.1) is 40.1 Å². The van der Waals surface area contributed by atoms with Gasteiger partial charge >= 0.3 is 0 Å². The van der Waals surface area contributed by atoms with Gasteiger partial charge in [-0.15, -0.1) is 0 Å². The summed E-state index contributed by atoms with van der Waals surface area (Å²) in [6.45, 7) is 4.17. The van der Waals surface area contributed by atoms with E-state index in [2.05, 4.69) is 32.1 Å². The predicted molar refractivity (Wildman–Crippen MR) is 81.8 cm³/mol. The number of carboxylic acids is 2. The molecule has 2 aromatic rings. The van der Waals surface area contributed by atoms with E-state index in [0.717, 1.165) is 0 Å². The van der Waals surface area contributed by atoms with E-state index in [9.17, 15) is 19.8 Å². The van der Waals surface area contributed by atoms with E-state index in [-0.39, 0.29) is 0 Å². The quantitative estimate of drug-likeness (QED) is 0.442. The first-order valence-electron chi connectivity index (χ1n) is 7.11. The number of carbonyl (C=O) groups is 2. The van der Waals surface area contributed by atoms with Crippen LogP contribution >= 0.6 is 0 Å². The summed E-state index contributed by atoms with van der Waals surface area (Å²) in [6.07, 6.45) is 8.92. The Hall–Kier alpha value is -2.90. The smallest absolute Gasteiger partial charge is 0.252 e. The molecule has 0 unspecified atom stereocenters. The van der Waals surface area contributed by atoms with Crippen molar-refractivity contribution < 1.29 is 28.9 Å². The summed E-state index contributed by atoms with van der Waals surface area (Å²) < 4.78 is 8.33. The van der Waals surface area contributed by atoms with Crippen molar-refractivity contribution >= 4 is 11.9 Å². The summed E-state index contributed by atoms with van der Waals surface area (Å²) in [4.78, 5) is 18.8. The van der Waals surface area contributed by atoms with E-state index in [4.69, 9.17) is 0 Å². The van der Waals surface area contributed by atoms with Crippen molar-refractivity contribution in [3.05, 3.63) is 48.6 Å². The van der Waals surface area contributed by atoms with Crippen LogP contribution in [0, 0.1) is 13.8 Å². The van der Waals surface area contributed by atoms with Crippen molar-refractivity contribution in [2.75, 3.05) is 0 Å². The highest BCUT2D eigenvalue weighted by molar-refractivity contribution is 5.87. The minimum Gasteiger partial charge on any atom is -0.545 e. The van der Waals surface area contributed by atoms with Crippen LogP contribution in [0.3, 0.4) is 0 Å². The second-order valence-corrected chi connectivity index (χ2v) is 5.11. The van der Waals surface area contributed by atoms with E-state index in [0.29, 0.717) is 12.2 Å². The normalized spacial score (nSPS) is 9.75. The van der Waals surface area contributed by atoms with E-state index < -0.39 is 11.9 Å². The van der Waals surface area contributed by atoms with E-state index in [1.54, 1.807) is 0 Å². The van der Waals surface area contributed by atoms with Crippen molar-refractivity contribution in [3.8, 4) is 0 Å². The Morgan fingerprint density at radius 3 is 1.25 bits per heavy atom. The Balaban J connectivity index is 0.000000331. The zero-order valence-electron chi connectivity index (χ0n) is 14.9. The van der Waals surface area contributed by atoms with Gasteiger partial charge in [-0.3, -0.25) is 0 Å². The number of rotatable bonds is 2. The first-order valence-corrected chi connectivity index (χ1v) is 7.11. The van der Waals surface area contributed by atoms with Gasteiger partial charge in [0.15, 0.2) is 0 Å². The minimum absolute atomic E-state index is 0.384. The number of carbonyl (C=O) groups excluding carboxylic acids is 2. The number of aliphatic carboxylic acids is 2. The van der Waals surface area contributed by atoms with Gasteiger partial charge < -0.3 is 19.8 Å². The van der Waals surface area contributed by atoms with Gasteiger partial charge in [-0.2, -0.15) is 0 Å². The first kappa shape index (κ1) is 21.1. The molecule has 0 aromatic carbocycles. The molecule has 0 aliphatic carbocycles. The van der Waals surface area contributed by atoms with Crippen molar-refractivity contribution in [1.82, 2.24) is 9.13 Å². The van der Waals surface area contributed by atoms with Gasteiger partial charge in [0.1, 0.15) is 24.8 Å². The molecule has 0 fully saturated rings. The van der Waals surface area contributed by atoms with Gasteiger partial charge in [-0.1, -0.05) is 0 Å². The molecule has 24 heavy (non-hydrogen) atoms. The number of imidazole rings is 2. The molecule has 0 aliphatic rings. The third kappa shape index (κ3) is 7.92. The third-order valence-electron chi connectivity index (χ3n) is 3.43. The molecule has 0 aliphatic heterocycles. The Bertz CT molecular complexity index is 614. The fraction of sp³-hybridized carbons (Fsp3) is 0.375. The van der Waals surface area contributed by atoms with Gasteiger partial charge in [-0.25, -0.2) is 18.3 Å². The SMILES string of the molecule is Cc1n(C)cc[n+]1C.Cc1n(C)cc[n+]1C.O=C([O-])/C=C\C(=O)[O-]. The highest BCUT2D eigenvalue weighted by Crippen LogP contribution is 1.85. The summed E-state index contributed by atoms with van der Waals surface area (Å²) in [5.74, 6) is -0.557. The Kier molecular flexibility index (Phi) is 8.78. The van der Waals surface area contributed by atoms with E-state index >= 15 is 0 Å². The molecule has 2 rings (SSSR count). The fourth-order valence-electron chi connectivity index (χ4n) is 1.47. The molecule has 0 saturated carbocycles. The van der Waals surface area contributed by atoms with E-state index in [1.165, 1.54) is 11.6 Å². The number of hydrogen-bond acceptors (Lipinski definition) is 4. The number of nitrogens with zero attached hydrogens (tertiary/aromatic N) is 4. The van der Waals surface area contributed by atoms with Gasteiger partial charge in [0, 0.05) is 13.8 Å². The maximum absolute atomic E-state index is 9.41. The maximum atomic E-state index is 9.41. The molecule has 0 amide bonds. The minimum atomic E-state index is -1.55. The average Bonchev–Trinajstić information content (AvgIpc) is 2.97.